The Kier molecular flexibility index (Phi) is 7.28. The lowest BCUT2D eigenvalue weighted by atomic mass is 10.1. The highest BCUT2D eigenvalue weighted by Crippen LogP contribution is 2.29. The normalized spacial score (nSPS) is 10.7. The summed E-state index contributed by atoms with van der Waals surface area (Å²) in [4.78, 5) is 22.9. The highest BCUT2D eigenvalue weighted by atomic mass is 35.5. The van der Waals surface area contributed by atoms with E-state index in [1.807, 2.05) is 0 Å². The average Bonchev–Trinajstić information content (AvgIpc) is 3.16. The van der Waals surface area contributed by atoms with Gasteiger partial charge in [-0.25, -0.2) is 4.39 Å². The van der Waals surface area contributed by atoms with Crippen LogP contribution in [0.5, 0.6) is 5.75 Å². The number of non-ortho nitro benzene ring substituents is 1. The van der Waals surface area contributed by atoms with Crippen LogP contribution in [0.25, 0.3) is 0 Å². The first-order valence-electron chi connectivity index (χ1n) is 10.2. The molecule has 1 amide bonds. The van der Waals surface area contributed by atoms with Crippen LogP contribution < -0.4 is 10.1 Å². The van der Waals surface area contributed by atoms with Gasteiger partial charge < -0.3 is 10.1 Å². The van der Waals surface area contributed by atoms with E-state index in [2.05, 4.69) is 10.4 Å². The second kappa shape index (κ2) is 10.5. The van der Waals surface area contributed by atoms with E-state index in [1.165, 1.54) is 35.0 Å². The molecule has 0 bridgehead atoms. The summed E-state index contributed by atoms with van der Waals surface area (Å²) in [5.41, 5.74) is 1.71. The van der Waals surface area contributed by atoms with Gasteiger partial charge >= 0.3 is 0 Å². The fourth-order valence-corrected chi connectivity index (χ4v) is 3.63. The molecule has 0 aliphatic heterocycles. The zero-order chi connectivity index (χ0) is 24.9. The van der Waals surface area contributed by atoms with E-state index in [0.29, 0.717) is 23.4 Å². The number of hydrogen-bond acceptors (Lipinski definition) is 5. The van der Waals surface area contributed by atoms with E-state index in [9.17, 15) is 19.3 Å². The second-order valence-electron chi connectivity index (χ2n) is 7.46. The Morgan fingerprint density at radius 3 is 2.51 bits per heavy atom. The van der Waals surface area contributed by atoms with Crippen LogP contribution in [0, 0.1) is 15.9 Å². The Balaban J connectivity index is 1.36. The number of halogens is 3. The molecular weight excluding hydrogens is 498 g/mol. The lowest BCUT2D eigenvalue weighted by Gasteiger charge is -2.09. The molecule has 1 heterocycles. The molecule has 0 aliphatic carbocycles. The van der Waals surface area contributed by atoms with Gasteiger partial charge in [-0.2, -0.15) is 5.10 Å². The average molecular weight is 515 g/mol. The third-order valence-corrected chi connectivity index (χ3v) is 5.49. The van der Waals surface area contributed by atoms with Crippen LogP contribution in [-0.2, 0) is 13.2 Å². The number of benzene rings is 3. The van der Waals surface area contributed by atoms with Gasteiger partial charge in [0, 0.05) is 23.9 Å². The summed E-state index contributed by atoms with van der Waals surface area (Å²) in [6, 6.07) is 16.7. The van der Waals surface area contributed by atoms with Gasteiger partial charge in [0.05, 0.1) is 16.5 Å². The number of amides is 1. The summed E-state index contributed by atoms with van der Waals surface area (Å²) in [7, 11) is 0. The maximum Gasteiger partial charge on any atom is 0.271 e. The van der Waals surface area contributed by atoms with Crippen molar-refractivity contribution in [2.45, 2.75) is 13.2 Å². The predicted octanol–water partition coefficient (Wildman–Crippen LogP) is 6.12. The lowest BCUT2D eigenvalue weighted by molar-refractivity contribution is -0.384. The fourth-order valence-electron chi connectivity index (χ4n) is 3.20. The Morgan fingerprint density at radius 1 is 1.06 bits per heavy atom. The number of carbonyl (C=O) groups excluding carboxylic acids is 1. The predicted molar refractivity (Wildman–Crippen MR) is 130 cm³/mol. The van der Waals surface area contributed by atoms with Crippen molar-refractivity contribution < 1.29 is 18.8 Å². The number of nitrogens with one attached hydrogen (secondary N) is 1. The van der Waals surface area contributed by atoms with Gasteiger partial charge in [-0.1, -0.05) is 47.5 Å². The first-order chi connectivity index (χ1) is 16.8. The van der Waals surface area contributed by atoms with Crippen LogP contribution in [0.4, 0.5) is 15.9 Å². The van der Waals surface area contributed by atoms with Crippen LogP contribution in [0.1, 0.15) is 21.5 Å². The summed E-state index contributed by atoms with van der Waals surface area (Å²) in [5, 5.41) is 18.1. The minimum absolute atomic E-state index is 0.128. The number of hydrogen-bond donors (Lipinski definition) is 1. The molecule has 1 N–H and O–H groups in total. The number of ether oxygens (including phenoxy) is 1. The van der Waals surface area contributed by atoms with E-state index < -0.39 is 10.8 Å². The van der Waals surface area contributed by atoms with Crippen molar-refractivity contribution in [3.8, 4) is 5.75 Å². The Labute approximate surface area is 209 Å². The van der Waals surface area contributed by atoms with Crippen molar-refractivity contribution in [3.63, 3.8) is 0 Å². The molecule has 4 rings (SSSR count). The van der Waals surface area contributed by atoms with E-state index in [-0.39, 0.29) is 34.0 Å². The lowest BCUT2D eigenvalue weighted by Crippen LogP contribution is -2.13. The molecule has 0 fully saturated rings. The van der Waals surface area contributed by atoms with Crippen LogP contribution >= 0.6 is 23.2 Å². The molecule has 0 saturated carbocycles. The summed E-state index contributed by atoms with van der Waals surface area (Å²) < 4.78 is 20.5. The molecule has 0 unspecified atom stereocenters. The van der Waals surface area contributed by atoms with Gasteiger partial charge in [-0.05, 0) is 41.5 Å². The van der Waals surface area contributed by atoms with E-state index in [4.69, 9.17) is 27.9 Å². The summed E-state index contributed by atoms with van der Waals surface area (Å²) >= 11 is 12.2. The molecule has 4 aromatic rings. The first-order valence-corrected chi connectivity index (χ1v) is 11.0. The molecule has 8 nitrogen and oxygen atoms in total. The monoisotopic (exact) mass is 514 g/mol. The van der Waals surface area contributed by atoms with Crippen molar-refractivity contribution in [1.82, 2.24) is 9.78 Å². The molecule has 0 radical (unpaired) electrons. The Hall–Kier alpha value is -3.95. The summed E-state index contributed by atoms with van der Waals surface area (Å²) in [6.07, 6.45) is 1.55. The maximum absolute atomic E-state index is 13.4. The van der Waals surface area contributed by atoms with Gasteiger partial charge in [0.25, 0.3) is 11.6 Å². The topological polar surface area (TPSA) is 99.3 Å². The number of rotatable bonds is 8. The van der Waals surface area contributed by atoms with Gasteiger partial charge in [0.2, 0.25) is 0 Å². The number of nitro benzene ring substituents is 1. The molecule has 1 aromatic heterocycles. The zero-order valence-corrected chi connectivity index (χ0v) is 19.5. The fraction of sp³-hybridized carbons (Fsp3) is 0.0833. The smallest absolute Gasteiger partial charge is 0.271 e. The Bertz CT molecular complexity index is 1390. The van der Waals surface area contributed by atoms with Gasteiger partial charge in [0.15, 0.2) is 5.82 Å². The third-order valence-electron chi connectivity index (χ3n) is 4.92. The first kappa shape index (κ1) is 24.2. The second-order valence-corrected chi connectivity index (χ2v) is 8.28. The van der Waals surface area contributed by atoms with Gasteiger partial charge in [0.1, 0.15) is 23.2 Å². The molecule has 3 aromatic carbocycles. The number of aromatic nitrogens is 2. The molecule has 0 atom stereocenters. The standard InChI is InChI=1S/C24H17Cl2FN4O4/c25-20-11-19(31(33)34)8-9-22(20)35-14-15-4-6-17(7-5-15)24(32)28-23-21(26)13-30(29-23)12-16-2-1-3-18(27)10-16/h1-11,13H,12,14H2,(H,28,29,32). The van der Waals surface area contributed by atoms with Crippen molar-refractivity contribution in [3.05, 3.63) is 116 Å². The van der Waals surface area contributed by atoms with Crippen LogP contribution in [-0.4, -0.2) is 20.6 Å². The maximum atomic E-state index is 13.4. The molecule has 178 valence electrons. The highest BCUT2D eigenvalue weighted by Gasteiger charge is 2.14. The quantitative estimate of drug-likeness (QED) is 0.225. The van der Waals surface area contributed by atoms with Crippen LogP contribution in [0.3, 0.4) is 0 Å². The molecule has 11 heteroatoms. The number of nitro groups is 1. The molecule has 0 spiro atoms. The van der Waals surface area contributed by atoms with Crippen LogP contribution in [0.2, 0.25) is 10.0 Å². The summed E-state index contributed by atoms with van der Waals surface area (Å²) in [5.74, 6) is -0.261. The summed E-state index contributed by atoms with van der Waals surface area (Å²) in [6.45, 7) is 0.441. The Morgan fingerprint density at radius 2 is 1.83 bits per heavy atom. The number of carbonyl (C=O) groups is 1. The molecule has 0 saturated heterocycles. The number of anilines is 1. The minimum atomic E-state index is -0.540. The van der Waals surface area contributed by atoms with E-state index in [0.717, 1.165) is 5.56 Å². The zero-order valence-electron chi connectivity index (χ0n) is 18.0. The van der Waals surface area contributed by atoms with Crippen molar-refractivity contribution in [2.75, 3.05) is 5.32 Å². The van der Waals surface area contributed by atoms with Gasteiger partial charge in [-0.15, -0.1) is 0 Å². The number of nitrogens with zero attached hydrogens (tertiary/aromatic N) is 3. The largest absolute Gasteiger partial charge is 0.487 e. The third kappa shape index (κ3) is 6.14. The molecular formula is C24H17Cl2FN4O4. The molecule has 0 aliphatic rings. The van der Waals surface area contributed by atoms with Crippen LogP contribution in [0.15, 0.2) is 72.9 Å². The van der Waals surface area contributed by atoms with Gasteiger partial charge in [-0.3, -0.25) is 19.6 Å². The van der Waals surface area contributed by atoms with E-state index >= 15 is 0 Å². The van der Waals surface area contributed by atoms with Crippen molar-refractivity contribution in [1.29, 1.82) is 0 Å². The van der Waals surface area contributed by atoms with Crippen molar-refractivity contribution in [2.24, 2.45) is 0 Å². The SMILES string of the molecule is O=C(Nc1nn(Cc2cccc(F)c2)cc1Cl)c1ccc(COc2ccc([N+](=O)[O-])cc2Cl)cc1. The highest BCUT2D eigenvalue weighted by molar-refractivity contribution is 6.33. The molecule has 35 heavy (non-hydrogen) atoms. The van der Waals surface area contributed by atoms with E-state index in [1.54, 1.807) is 42.6 Å². The minimum Gasteiger partial charge on any atom is -0.487 e. The van der Waals surface area contributed by atoms with Crippen molar-refractivity contribution >= 4 is 40.6 Å².